The maximum atomic E-state index is 12.3. The number of aryl methyl sites for hydroxylation is 2. The van der Waals surface area contributed by atoms with E-state index in [1.54, 1.807) is 0 Å². The highest BCUT2D eigenvalue weighted by atomic mass is 35.5. The molecule has 1 unspecified atom stereocenters. The summed E-state index contributed by atoms with van der Waals surface area (Å²) in [6, 6.07) is 0. The smallest absolute Gasteiger partial charge is 0.225 e. The van der Waals surface area contributed by atoms with Gasteiger partial charge in [0.1, 0.15) is 5.82 Å². The van der Waals surface area contributed by atoms with Gasteiger partial charge in [0.15, 0.2) is 0 Å². The lowest BCUT2D eigenvalue weighted by atomic mass is 9.84. The highest BCUT2D eigenvalue weighted by molar-refractivity contribution is 5.91. The summed E-state index contributed by atoms with van der Waals surface area (Å²) in [6.07, 6.45) is 6.25. The van der Waals surface area contributed by atoms with Gasteiger partial charge in [-0.25, -0.2) is 0 Å². The molecule has 5 nitrogen and oxygen atoms in total. The lowest BCUT2D eigenvalue weighted by Crippen LogP contribution is -2.32. The Kier molecular flexibility index (Phi) is 5.87. The first-order valence-corrected chi connectivity index (χ1v) is 8.20. The Labute approximate surface area is 138 Å². The molecule has 1 aliphatic heterocycles. The van der Waals surface area contributed by atoms with Crippen LogP contribution < -0.4 is 10.6 Å². The zero-order chi connectivity index (χ0) is 14.8. The fourth-order valence-electron chi connectivity index (χ4n) is 3.73. The summed E-state index contributed by atoms with van der Waals surface area (Å²) in [7, 11) is 1.92. The number of carbonyl (C=O) groups is 1. The van der Waals surface area contributed by atoms with Gasteiger partial charge in [-0.3, -0.25) is 9.48 Å². The van der Waals surface area contributed by atoms with Crippen molar-refractivity contribution < 1.29 is 4.79 Å². The van der Waals surface area contributed by atoms with Gasteiger partial charge in [-0.2, -0.15) is 5.10 Å². The highest BCUT2D eigenvalue weighted by Crippen LogP contribution is 2.29. The van der Waals surface area contributed by atoms with Gasteiger partial charge in [-0.05, 0) is 57.0 Å². The summed E-state index contributed by atoms with van der Waals surface area (Å²) in [5.41, 5.74) is 2.42. The van der Waals surface area contributed by atoms with E-state index >= 15 is 0 Å². The minimum Gasteiger partial charge on any atom is -0.317 e. The van der Waals surface area contributed by atoms with Crippen LogP contribution in [0.4, 0.5) is 5.82 Å². The van der Waals surface area contributed by atoms with Crippen molar-refractivity contribution in [3.05, 3.63) is 11.3 Å². The molecular weight excluding hydrogens is 300 g/mol. The lowest BCUT2D eigenvalue weighted by molar-refractivity contribution is -0.117. The van der Waals surface area contributed by atoms with Crippen LogP contribution in [0.25, 0.3) is 0 Å². The second kappa shape index (κ2) is 7.47. The SMILES string of the molecule is CC(CC(=O)Nc1c2c(nn1C)CCC2)C1CCNCC1.Cl. The number of fused-ring (bicyclic) bond motifs is 1. The molecule has 0 bridgehead atoms. The Balaban J connectivity index is 0.00000176. The highest BCUT2D eigenvalue weighted by Gasteiger charge is 2.25. The second-order valence-corrected chi connectivity index (χ2v) is 6.57. The Hall–Kier alpha value is -1.07. The summed E-state index contributed by atoms with van der Waals surface area (Å²) in [4.78, 5) is 12.3. The summed E-state index contributed by atoms with van der Waals surface area (Å²) >= 11 is 0. The molecule has 2 heterocycles. The zero-order valence-electron chi connectivity index (χ0n) is 13.5. The van der Waals surface area contributed by atoms with Crippen molar-refractivity contribution in [2.45, 2.75) is 45.4 Å². The molecule has 0 aromatic carbocycles. The largest absolute Gasteiger partial charge is 0.317 e. The third-order valence-corrected chi connectivity index (χ3v) is 5.02. The van der Waals surface area contributed by atoms with Crippen LogP contribution in [0, 0.1) is 11.8 Å². The average Bonchev–Trinajstić information content (AvgIpc) is 3.03. The van der Waals surface area contributed by atoms with Gasteiger partial charge in [-0.1, -0.05) is 6.92 Å². The summed E-state index contributed by atoms with van der Waals surface area (Å²) < 4.78 is 1.83. The molecule has 6 heteroatoms. The van der Waals surface area contributed by atoms with Crippen LogP contribution in [0.2, 0.25) is 0 Å². The number of aromatic nitrogens is 2. The number of nitrogens with one attached hydrogen (secondary N) is 2. The number of anilines is 1. The fourth-order valence-corrected chi connectivity index (χ4v) is 3.73. The maximum absolute atomic E-state index is 12.3. The van der Waals surface area contributed by atoms with Crippen molar-refractivity contribution in [3.8, 4) is 0 Å². The van der Waals surface area contributed by atoms with Gasteiger partial charge in [0.2, 0.25) is 5.91 Å². The van der Waals surface area contributed by atoms with E-state index in [1.807, 2.05) is 11.7 Å². The first kappa shape index (κ1) is 17.3. The van der Waals surface area contributed by atoms with Crippen molar-refractivity contribution in [3.63, 3.8) is 0 Å². The lowest BCUT2D eigenvalue weighted by Gasteiger charge is -2.27. The predicted molar refractivity (Wildman–Crippen MR) is 90.5 cm³/mol. The summed E-state index contributed by atoms with van der Waals surface area (Å²) in [6.45, 7) is 4.39. The van der Waals surface area contributed by atoms with Crippen molar-refractivity contribution in [1.29, 1.82) is 0 Å². The van der Waals surface area contributed by atoms with Crippen molar-refractivity contribution in [2.24, 2.45) is 18.9 Å². The third kappa shape index (κ3) is 3.63. The molecule has 3 rings (SSSR count). The van der Waals surface area contributed by atoms with Crippen LogP contribution in [0.1, 0.15) is 43.9 Å². The average molecular weight is 327 g/mol. The number of amides is 1. The molecule has 0 radical (unpaired) electrons. The molecule has 1 saturated heterocycles. The van der Waals surface area contributed by atoms with E-state index in [1.165, 1.54) is 24.1 Å². The number of piperidine rings is 1. The van der Waals surface area contributed by atoms with E-state index in [0.717, 1.165) is 38.2 Å². The Morgan fingerprint density at radius 1 is 1.41 bits per heavy atom. The van der Waals surface area contributed by atoms with Crippen molar-refractivity contribution in [1.82, 2.24) is 15.1 Å². The minimum atomic E-state index is 0. The van der Waals surface area contributed by atoms with Crippen LogP contribution in [0.5, 0.6) is 0 Å². The number of hydrogen-bond acceptors (Lipinski definition) is 3. The van der Waals surface area contributed by atoms with Crippen LogP contribution in [-0.4, -0.2) is 28.8 Å². The molecule has 1 amide bonds. The molecule has 2 N–H and O–H groups in total. The van der Waals surface area contributed by atoms with E-state index in [9.17, 15) is 4.79 Å². The molecule has 2 aliphatic rings. The van der Waals surface area contributed by atoms with Gasteiger partial charge in [-0.15, -0.1) is 12.4 Å². The maximum Gasteiger partial charge on any atom is 0.225 e. The van der Waals surface area contributed by atoms with Gasteiger partial charge in [0.05, 0.1) is 5.69 Å². The summed E-state index contributed by atoms with van der Waals surface area (Å²) in [5.74, 6) is 2.19. The number of hydrogen-bond donors (Lipinski definition) is 2. The van der Waals surface area contributed by atoms with Crippen molar-refractivity contribution >= 4 is 24.1 Å². The van der Waals surface area contributed by atoms with Gasteiger partial charge in [0, 0.05) is 19.0 Å². The molecule has 0 spiro atoms. The second-order valence-electron chi connectivity index (χ2n) is 6.57. The van der Waals surface area contributed by atoms with Crippen LogP contribution in [-0.2, 0) is 24.7 Å². The molecular formula is C16H27ClN4O. The van der Waals surface area contributed by atoms with Crippen molar-refractivity contribution in [2.75, 3.05) is 18.4 Å². The number of nitrogens with zero attached hydrogens (tertiary/aromatic N) is 2. The third-order valence-electron chi connectivity index (χ3n) is 5.02. The van der Waals surface area contributed by atoms with Gasteiger partial charge >= 0.3 is 0 Å². The normalized spacial score (nSPS) is 19.4. The van der Waals surface area contributed by atoms with E-state index < -0.39 is 0 Å². The monoisotopic (exact) mass is 326 g/mol. The molecule has 1 fully saturated rings. The molecule has 1 aromatic rings. The quantitative estimate of drug-likeness (QED) is 0.892. The molecule has 1 aromatic heterocycles. The van der Waals surface area contributed by atoms with E-state index in [4.69, 9.17) is 0 Å². The first-order chi connectivity index (χ1) is 10.1. The van der Waals surface area contributed by atoms with Crippen LogP contribution in [0.3, 0.4) is 0 Å². The number of carbonyl (C=O) groups excluding carboxylic acids is 1. The standard InChI is InChI=1S/C16H26N4O.ClH/c1-11(12-6-8-17-9-7-12)10-15(21)18-16-13-4-3-5-14(13)19-20(16)2;/h11-12,17H,3-10H2,1-2H3,(H,18,21);1H. The van der Waals surface area contributed by atoms with Crippen LogP contribution >= 0.6 is 12.4 Å². The topological polar surface area (TPSA) is 59.0 Å². The Bertz CT molecular complexity index is 522. The number of halogens is 1. The molecule has 124 valence electrons. The number of rotatable bonds is 4. The molecule has 1 aliphatic carbocycles. The van der Waals surface area contributed by atoms with E-state index in [0.29, 0.717) is 18.3 Å². The fraction of sp³-hybridized carbons (Fsp3) is 0.750. The molecule has 0 saturated carbocycles. The minimum absolute atomic E-state index is 0. The molecule has 22 heavy (non-hydrogen) atoms. The van der Waals surface area contributed by atoms with Gasteiger partial charge < -0.3 is 10.6 Å². The van der Waals surface area contributed by atoms with E-state index in [-0.39, 0.29) is 18.3 Å². The molecule has 1 atom stereocenters. The Morgan fingerprint density at radius 2 is 2.14 bits per heavy atom. The first-order valence-electron chi connectivity index (χ1n) is 8.20. The van der Waals surface area contributed by atoms with E-state index in [2.05, 4.69) is 22.7 Å². The summed E-state index contributed by atoms with van der Waals surface area (Å²) in [5, 5.41) is 11.0. The Morgan fingerprint density at radius 3 is 2.86 bits per heavy atom. The van der Waals surface area contributed by atoms with Crippen LogP contribution in [0.15, 0.2) is 0 Å². The zero-order valence-corrected chi connectivity index (χ0v) is 14.3. The predicted octanol–water partition coefficient (Wildman–Crippen LogP) is 2.29. The van der Waals surface area contributed by atoms with Gasteiger partial charge in [0.25, 0.3) is 0 Å².